The Morgan fingerprint density at radius 3 is 2.89 bits per heavy atom. The van der Waals surface area contributed by atoms with E-state index in [4.69, 9.17) is 0 Å². The Labute approximate surface area is 107 Å². The first-order chi connectivity index (χ1) is 8.48. The van der Waals surface area contributed by atoms with Gasteiger partial charge in [-0.2, -0.15) is 5.10 Å². The van der Waals surface area contributed by atoms with Crippen molar-refractivity contribution in [1.82, 2.24) is 9.78 Å². The van der Waals surface area contributed by atoms with Gasteiger partial charge in [-0.3, -0.25) is 9.48 Å². The van der Waals surface area contributed by atoms with E-state index < -0.39 is 9.84 Å². The first kappa shape index (κ1) is 13.3. The van der Waals surface area contributed by atoms with Crippen molar-refractivity contribution >= 4 is 15.6 Å². The minimum absolute atomic E-state index is 0.0173. The summed E-state index contributed by atoms with van der Waals surface area (Å²) in [7, 11) is -2.88. The lowest BCUT2D eigenvalue weighted by atomic mass is 9.99. The third kappa shape index (κ3) is 3.41. The van der Waals surface area contributed by atoms with Gasteiger partial charge < -0.3 is 0 Å². The van der Waals surface area contributed by atoms with Crippen molar-refractivity contribution in [3.8, 4) is 0 Å². The molecular weight excluding hydrogens is 252 g/mol. The van der Waals surface area contributed by atoms with E-state index in [0.717, 1.165) is 12.1 Å². The second kappa shape index (κ2) is 5.22. The van der Waals surface area contributed by atoms with E-state index in [1.807, 2.05) is 13.1 Å². The summed E-state index contributed by atoms with van der Waals surface area (Å²) >= 11 is 0. The Hall–Kier alpha value is -1.17. The van der Waals surface area contributed by atoms with Crippen LogP contribution in [0.25, 0.3) is 0 Å². The molecule has 0 N–H and O–H groups in total. The lowest BCUT2D eigenvalue weighted by Crippen LogP contribution is -2.12. The fourth-order valence-electron chi connectivity index (χ4n) is 2.33. The highest BCUT2D eigenvalue weighted by atomic mass is 32.2. The van der Waals surface area contributed by atoms with Gasteiger partial charge in [0.1, 0.15) is 5.78 Å². The number of Topliss-reactive ketones (excluding diaryl/α,β-unsaturated/α-hetero) is 1. The maximum atomic E-state index is 11.8. The predicted octanol–water partition coefficient (Wildman–Crippen LogP) is 0.839. The van der Waals surface area contributed by atoms with Crippen molar-refractivity contribution in [2.24, 2.45) is 5.92 Å². The minimum Gasteiger partial charge on any atom is -0.299 e. The predicted molar refractivity (Wildman–Crippen MR) is 68.0 cm³/mol. The molecule has 1 aliphatic rings. The van der Waals surface area contributed by atoms with Gasteiger partial charge in [-0.15, -0.1) is 0 Å². The van der Waals surface area contributed by atoms with Crippen molar-refractivity contribution < 1.29 is 13.2 Å². The number of nitrogens with zero attached hydrogens (tertiary/aromatic N) is 2. The third-order valence-electron chi connectivity index (χ3n) is 3.26. The van der Waals surface area contributed by atoms with Gasteiger partial charge in [0, 0.05) is 25.6 Å². The molecule has 2 rings (SSSR count). The summed E-state index contributed by atoms with van der Waals surface area (Å²) in [5, 5.41) is 4.11. The first-order valence-corrected chi connectivity index (χ1v) is 8.04. The summed E-state index contributed by atoms with van der Waals surface area (Å²) < 4.78 is 24.4. The second-order valence-electron chi connectivity index (χ2n) is 4.89. The van der Waals surface area contributed by atoms with E-state index in [-0.39, 0.29) is 23.2 Å². The first-order valence-electron chi connectivity index (χ1n) is 6.22. The average Bonchev–Trinajstić information content (AvgIpc) is 2.85. The lowest BCUT2D eigenvalue weighted by Gasteiger charge is -2.05. The lowest BCUT2D eigenvalue weighted by molar-refractivity contribution is -0.119. The van der Waals surface area contributed by atoms with Crippen LogP contribution in [-0.4, -0.2) is 35.5 Å². The maximum Gasteiger partial charge on any atom is 0.150 e. The van der Waals surface area contributed by atoms with Gasteiger partial charge in [-0.05, 0) is 24.8 Å². The molecule has 1 unspecified atom stereocenters. The van der Waals surface area contributed by atoms with Gasteiger partial charge in [0.15, 0.2) is 9.84 Å². The fourth-order valence-corrected chi connectivity index (χ4v) is 4.19. The van der Waals surface area contributed by atoms with Gasteiger partial charge >= 0.3 is 0 Å². The highest BCUT2D eigenvalue weighted by Crippen LogP contribution is 2.22. The van der Waals surface area contributed by atoms with Crippen molar-refractivity contribution in [3.05, 3.63) is 18.0 Å². The van der Waals surface area contributed by atoms with Crippen molar-refractivity contribution in [1.29, 1.82) is 0 Å². The maximum absolute atomic E-state index is 11.8. The SMILES string of the molecule is CCn1cc(CC(=O)CC2CCS(=O)(=O)C2)cn1. The van der Waals surface area contributed by atoms with Crippen LogP contribution in [0.1, 0.15) is 25.3 Å². The number of rotatable bonds is 5. The van der Waals surface area contributed by atoms with Gasteiger partial charge in [-0.25, -0.2) is 8.42 Å². The highest BCUT2D eigenvalue weighted by Gasteiger charge is 2.29. The highest BCUT2D eigenvalue weighted by molar-refractivity contribution is 7.91. The van der Waals surface area contributed by atoms with E-state index in [1.165, 1.54) is 0 Å². The average molecular weight is 270 g/mol. The van der Waals surface area contributed by atoms with E-state index in [9.17, 15) is 13.2 Å². The van der Waals surface area contributed by atoms with Crippen LogP contribution in [0.15, 0.2) is 12.4 Å². The number of hydrogen-bond donors (Lipinski definition) is 0. The van der Waals surface area contributed by atoms with Crippen LogP contribution in [0.5, 0.6) is 0 Å². The van der Waals surface area contributed by atoms with Gasteiger partial charge in [0.2, 0.25) is 0 Å². The second-order valence-corrected chi connectivity index (χ2v) is 7.12. The number of aryl methyl sites for hydroxylation is 1. The molecule has 0 radical (unpaired) electrons. The smallest absolute Gasteiger partial charge is 0.150 e. The molecule has 100 valence electrons. The summed E-state index contributed by atoms with van der Waals surface area (Å²) in [6.07, 6.45) is 4.92. The molecule has 0 aliphatic carbocycles. The largest absolute Gasteiger partial charge is 0.299 e. The molecule has 0 amide bonds. The van der Waals surface area contributed by atoms with Crippen LogP contribution in [0, 0.1) is 5.92 Å². The Morgan fingerprint density at radius 1 is 1.56 bits per heavy atom. The molecule has 1 saturated heterocycles. The van der Waals surface area contributed by atoms with Crippen LogP contribution < -0.4 is 0 Å². The zero-order valence-electron chi connectivity index (χ0n) is 10.5. The Morgan fingerprint density at radius 2 is 2.33 bits per heavy atom. The van der Waals surface area contributed by atoms with Crippen LogP contribution in [0.3, 0.4) is 0 Å². The fraction of sp³-hybridized carbons (Fsp3) is 0.667. The Balaban J connectivity index is 1.86. The molecule has 1 atom stereocenters. The molecule has 0 saturated carbocycles. The zero-order valence-corrected chi connectivity index (χ0v) is 11.3. The van der Waals surface area contributed by atoms with Crippen molar-refractivity contribution in [2.45, 2.75) is 32.7 Å². The van der Waals surface area contributed by atoms with Crippen LogP contribution >= 0.6 is 0 Å². The third-order valence-corrected chi connectivity index (χ3v) is 5.09. The molecule has 1 aliphatic heterocycles. The summed E-state index contributed by atoms with van der Waals surface area (Å²) in [5.74, 6) is 0.530. The van der Waals surface area contributed by atoms with Gasteiger partial charge in [0.05, 0.1) is 17.7 Å². The van der Waals surface area contributed by atoms with E-state index in [1.54, 1.807) is 10.9 Å². The summed E-state index contributed by atoms with van der Waals surface area (Å²) in [6, 6.07) is 0. The van der Waals surface area contributed by atoms with Gasteiger partial charge in [0.25, 0.3) is 0 Å². The molecule has 5 nitrogen and oxygen atoms in total. The molecule has 6 heteroatoms. The number of hydrogen-bond acceptors (Lipinski definition) is 4. The molecule has 18 heavy (non-hydrogen) atoms. The standard InChI is InChI=1S/C12H18N2O3S/c1-2-14-8-11(7-13-14)6-12(15)5-10-3-4-18(16,17)9-10/h7-8,10H,2-6,9H2,1H3. The number of ketones is 1. The summed E-state index contributed by atoms with van der Waals surface area (Å²) in [6.45, 7) is 2.77. The molecule has 1 aromatic heterocycles. The molecule has 1 aromatic rings. The van der Waals surface area contributed by atoms with Crippen molar-refractivity contribution in [2.75, 3.05) is 11.5 Å². The van der Waals surface area contributed by atoms with E-state index in [2.05, 4.69) is 5.10 Å². The zero-order chi connectivity index (χ0) is 13.2. The van der Waals surface area contributed by atoms with Crippen molar-refractivity contribution in [3.63, 3.8) is 0 Å². The monoisotopic (exact) mass is 270 g/mol. The van der Waals surface area contributed by atoms with Crippen LogP contribution in [-0.2, 0) is 27.6 Å². The molecule has 2 heterocycles. The van der Waals surface area contributed by atoms with Gasteiger partial charge in [-0.1, -0.05) is 0 Å². The normalized spacial score (nSPS) is 22.2. The van der Waals surface area contributed by atoms with E-state index >= 15 is 0 Å². The summed E-state index contributed by atoms with van der Waals surface area (Å²) in [4.78, 5) is 11.8. The van der Waals surface area contributed by atoms with E-state index in [0.29, 0.717) is 19.3 Å². The summed E-state index contributed by atoms with van der Waals surface area (Å²) in [5.41, 5.74) is 0.905. The minimum atomic E-state index is -2.88. The Bertz CT molecular complexity index is 533. The number of sulfone groups is 1. The quantitative estimate of drug-likeness (QED) is 0.795. The molecule has 0 spiro atoms. The molecule has 0 aromatic carbocycles. The number of aromatic nitrogens is 2. The topological polar surface area (TPSA) is 69.0 Å². The Kier molecular flexibility index (Phi) is 3.85. The number of carbonyl (C=O) groups is 1. The molecule has 1 fully saturated rings. The molecule has 0 bridgehead atoms. The molecular formula is C12H18N2O3S. The van der Waals surface area contributed by atoms with Crippen LogP contribution in [0.2, 0.25) is 0 Å². The van der Waals surface area contributed by atoms with Crippen LogP contribution in [0.4, 0.5) is 0 Å². The number of carbonyl (C=O) groups excluding carboxylic acids is 1.